The van der Waals surface area contributed by atoms with E-state index in [1.807, 2.05) is 0 Å². The lowest BCUT2D eigenvalue weighted by atomic mass is 10.3. The van der Waals surface area contributed by atoms with Crippen molar-refractivity contribution in [2.45, 2.75) is 6.92 Å². The van der Waals surface area contributed by atoms with E-state index in [9.17, 15) is 0 Å². The first-order chi connectivity index (χ1) is 5.86. The summed E-state index contributed by atoms with van der Waals surface area (Å²) >= 11 is 0. The summed E-state index contributed by atoms with van der Waals surface area (Å²) in [6.07, 6.45) is 0. The highest BCUT2D eigenvalue weighted by Crippen LogP contribution is 1.99. The van der Waals surface area contributed by atoms with Crippen LogP contribution in [0, 0.1) is 0 Å². The summed E-state index contributed by atoms with van der Waals surface area (Å²) in [6, 6.07) is 0. The fourth-order valence-corrected chi connectivity index (χ4v) is 1.55. The molecule has 12 heavy (non-hydrogen) atoms. The van der Waals surface area contributed by atoms with Gasteiger partial charge in [0.1, 0.15) is 0 Å². The van der Waals surface area contributed by atoms with Crippen LogP contribution >= 0.6 is 0 Å². The molecule has 4 nitrogen and oxygen atoms in total. The predicted octanol–water partition coefficient (Wildman–Crippen LogP) is -0.913. The van der Waals surface area contributed by atoms with E-state index in [1.54, 1.807) is 0 Å². The summed E-state index contributed by atoms with van der Waals surface area (Å²) in [6.45, 7) is 10.2. The van der Waals surface area contributed by atoms with Crippen molar-refractivity contribution in [3.8, 4) is 0 Å². The molecular weight excluding hydrogens is 152 g/mol. The second-order valence-corrected chi connectivity index (χ2v) is 3.23. The van der Waals surface area contributed by atoms with Gasteiger partial charge in [-0.05, 0) is 6.54 Å². The number of hydrazine groups is 1. The fourth-order valence-electron chi connectivity index (χ4n) is 1.55. The van der Waals surface area contributed by atoms with Gasteiger partial charge in [0.05, 0.1) is 0 Å². The van der Waals surface area contributed by atoms with Crippen molar-refractivity contribution < 1.29 is 0 Å². The molecule has 1 aliphatic rings. The van der Waals surface area contributed by atoms with Crippen LogP contribution in [-0.4, -0.2) is 55.6 Å². The molecule has 0 aromatic heterocycles. The monoisotopic (exact) mass is 172 g/mol. The van der Waals surface area contributed by atoms with Gasteiger partial charge in [-0.1, -0.05) is 6.92 Å². The lowest BCUT2D eigenvalue weighted by Gasteiger charge is -2.33. The van der Waals surface area contributed by atoms with Crippen LogP contribution in [0.1, 0.15) is 6.92 Å². The number of nitrogens with one attached hydrogen (secondary N) is 1. The van der Waals surface area contributed by atoms with Crippen LogP contribution in [0.15, 0.2) is 0 Å². The number of likely N-dealkylation sites (N-methyl/N-ethyl adjacent to an activating group) is 1. The van der Waals surface area contributed by atoms with E-state index in [4.69, 9.17) is 5.84 Å². The maximum atomic E-state index is 5.21. The van der Waals surface area contributed by atoms with Crippen LogP contribution in [0.2, 0.25) is 0 Å². The Morgan fingerprint density at radius 3 is 2.25 bits per heavy atom. The summed E-state index contributed by atoms with van der Waals surface area (Å²) in [4.78, 5) is 4.93. The van der Waals surface area contributed by atoms with Gasteiger partial charge in [0, 0.05) is 39.3 Å². The first kappa shape index (κ1) is 9.92. The van der Waals surface area contributed by atoms with E-state index in [2.05, 4.69) is 22.1 Å². The molecule has 0 unspecified atom stereocenters. The minimum atomic E-state index is 0.895. The molecule has 0 atom stereocenters. The molecule has 0 spiro atoms. The van der Waals surface area contributed by atoms with Crippen molar-refractivity contribution in [2.75, 3.05) is 45.8 Å². The molecule has 4 heteroatoms. The van der Waals surface area contributed by atoms with Crippen molar-refractivity contribution in [3.63, 3.8) is 0 Å². The molecule has 1 aliphatic heterocycles. The third-order valence-corrected chi connectivity index (χ3v) is 2.48. The highest BCUT2D eigenvalue weighted by Gasteiger charge is 2.13. The van der Waals surface area contributed by atoms with Crippen LogP contribution in [0.4, 0.5) is 0 Å². The third-order valence-electron chi connectivity index (χ3n) is 2.48. The molecular formula is C8H20N4. The van der Waals surface area contributed by atoms with Gasteiger partial charge in [-0.25, -0.2) is 0 Å². The normalized spacial score (nSPS) is 21.5. The van der Waals surface area contributed by atoms with Crippen LogP contribution in [0.25, 0.3) is 0 Å². The molecule has 0 amide bonds. The molecule has 1 saturated heterocycles. The van der Waals surface area contributed by atoms with Crippen LogP contribution in [0.5, 0.6) is 0 Å². The van der Waals surface area contributed by atoms with Crippen molar-refractivity contribution in [1.29, 1.82) is 0 Å². The fraction of sp³-hybridized carbons (Fsp3) is 1.00. The number of nitrogens with zero attached hydrogens (tertiary/aromatic N) is 2. The maximum absolute atomic E-state index is 5.21. The molecule has 1 fully saturated rings. The number of hydrogen-bond acceptors (Lipinski definition) is 4. The third kappa shape index (κ3) is 3.06. The number of piperazine rings is 1. The Morgan fingerprint density at radius 1 is 1.17 bits per heavy atom. The average molecular weight is 172 g/mol. The Hall–Kier alpha value is -0.160. The van der Waals surface area contributed by atoms with Gasteiger partial charge in [-0.3, -0.25) is 16.2 Å². The lowest BCUT2D eigenvalue weighted by molar-refractivity contribution is 0.138. The summed E-state index contributed by atoms with van der Waals surface area (Å²) < 4.78 is 0. The zero-order chi connectivity index (χ0) is 8.81. The standard InChI is InChI=1S/C8H20N4/c1-2-11-5-7-12(8-6-11)4-3-10-9/h10H,2-9H2,1H3. The Morgan fingerprint density at radius 2 is 1.75 bits per heavy atom. The van der Waals surface area contributed by atoms with E-state index in [0.717, 1.165) is 13.1 Å². The minimum Gasteiger partial charge on any atom is -0.301 e. The smallest absolute Gasteiger partial charge is 0.0225 e. The Bertz CT molecular complexity index is 110. The maximum Gasteiger partial charge on any atom is 0.0225 e. The SMILES string of the molecule is CCN1CCN(CCNN)CC1. The second-order valence-electron chi connectivity index (χ2n) is 3.23. The molecule has 1 heterocycles. The number of hydrogen-bond donors (Lipinski definition) is 2. The number of rotatable bonds is 4. The topological polar surface area (TPSA) is 44.5 Å². The van der Waals surface area contributed by atoms with E-state index in [-0.39, 0.29) is 0 Å². The lowest BCUT2D eigenvalue weighted by Crippen LogP contribution is -2.48. The van der Waals surface area contributed by atoms with Crippen molar-refractivity contribution >= 4 is 0 Å². The molecule has 0 saturated carbocycles. The zero-order valence-electron chi connectivity index (χ0n) is 7.92. The van der Waals surface area contributed by atoms with Gasteiger partial charge in [-0.2, -0.15) is 0 Å². The van der Waals surface area contributed by atoms with Crippen LogP contribution < -0.4 is 11.3 Å². The van der Waals surface area contributed by atoms with Crippen LogP contribution in [-0.2, 0) is 0 Å². The molecule has 0 bridgehead atoms. The average Bonchev–Trinajstić information content (AvgIpc) is 2.15. The molecule has 0 aromatic carbocycles. The first-order valence-electron chi connectivity index (χ1n) is 4.75. The second kappa shape index (κ2) is 5.48. The van der Waals surface area contributed by atoms with Crippen molar-refractivity contribution in [2.24, 2.45) is 5.84 Å². The van der Waals surface area contributed by atoms with E-state index in [0.29, 0.717) is 0 Å². The van der Waals surface area contributed by atoms with Gasteiger partial charge in [-0.15, -0.1) is 0 Å². The summed E-state index contributed by atoms with van der Waals surface area (Å²) in [5, 5.41) is 0. The van der Waals surface area contributed by atoms with Gasteiger partial charge >= 0.3 is 0 Å². The summed E-state index contributed by atoms with van der Waals surface area (Å²) in [5.74, 6) is 5.21. The minimum absolute atomic E-state index is 0.895. The highest BCUT2D eigenvalue weighted by molar-refractivity contribution is 4.70. The Labute approximate surface area is 74.7 Å². The summed E-state index contributed by atoms with van der Waals surface area (Å²) in [7, 11) is 0. The van der Waals surface area contributed by atoms with Gasteiger partial charge < -0.3 is 4.90 Å². The Balaban J connectivity index is 2.09. The van der Waals surface area contributed by atoms with Crippen molar-refractivity contribution in [3.05, 3.63) is 0 Å². The van der Waals surface area contributed by atoms with E-state index >= 15 is 0 Å². The van der Waals surface area contributed by atoms with Crippen LogP contribution in [0.3, 0.4) is 0 Å². The highest BCUT2D eigenvalue weighted by atomic mass is 15.3. The van der Waals surface area contributed by atoms with E-state index < -0.39 is 0 Å². The quantitative estimate of drug-likeness (QED) is 0.425. The molecule has 0 aromatic rings. The van der Waals surface area contributed by atoms with Gasteiger partial charge in [0.2, 0.25) is 0 Å². The zero-order valence-corrected chi connectivity index (χ0v) is 7.92. The van der Waals surface area contributed by atoms with Crippen molar-refractivity contribution in [1.82, 2.24) is 15.2 Å². The molecule has 0 radical (unpaired) electrons. The van der Waals surface area contributed by atoms with E-state index in [1.165, 1.54) is 32.7 Å². The predicted molar refractivity (Wildman–Crippen MR) is 50.7 cm³/mol. The molecule has 0 aliphatic carbocycles. The largest absolute Gasteiger partial charge is 0.301 e. The number of nitrogens with two attached hydrogens (primary N) is 1. The van der Waals surface area contributed by atoms with Gasteiger partial charge in [0.15, 0.2) is 0 Å². The molecule has 1 rings (SSSR count). The molecule has 72 valence electrons. The summed E-state index contributed by atoms with van der Waals surface area (Å²) in [5.41, 5.74) is 2.68. The first-order valence-corrected chi connectivity index (χ1v) is 4.75. The molecule has 3 N–H and O–H groups in total. The Kier molecular flexibility index (Phi) is 4.53. The van der Waals surface area contributed by atoms with Gasteiger partial charge in [0.25, 0.3) is 0 Å².